The third kappa shape index (κ3) is 5.41. The number of hydrogen-bond acceptors (Lipinski definition) is 1. The second-order valence-corrected chi connectivity index (χ2v) is 5.07. The van der Waals surface area contributed by atoms with Crippen LogP contribution in [0.15, 0.2) is 72.8 Å². The van der Waals surface area contributed by atoms with Crippen molar-refractivity contribution in [1.82, 2.24) is 0 Å². The molecular weight excluding hydrogens is 244 g/mol. The van der Waals surface area contributed by atoms with E-state index in [1.54, 1.807) is 0 Å². The van der Waals surface area contributed by atoms with E-state index in [1.807, 2.05) is 18.2 Å². The molecule has 0 saturated heterocycles. The lowest BCUT2D eigenvalue weighted by Gasteiger charge is -2.07. The van der Waals surface area contributed by atoms with Gasteiger partial charge in [-0.25, -0.2) is 0 Å². The van der Waals surface area contributed by atoms with Crippen LogP contribution in [0.4, 0.5) is 0 Å². The van der Waals surface area contributed by atoms with Gasteiger partial charge in [-0.2, -0.15) is 0 Å². The minimum atomic E-state index is 0.656. The molecule has 0 amide bonds. The number of hydrogen-bond donors (Lipinski definition) is 0. The average molecular weight is 266 g/mol. The molecule has 0 saturated carbocycles. The largest absolute Gasteiger partial charge is 0.372 e. The van der Waals surface area contributed by atoms with Crippen LogP contribution < -0.4 is 0 Å². The molecule has 0 N–H and O–H groups in total. The highest BCUT2D eigenvalue weighted by molar-refractivity contribution is 5.15. The van der Waals surface area contributed by atoms with Crippen LogP contribution in [0.2, 0.25) is 0 Å². The maximum atomic E-state index is 5.68. The fourth-order valence-corrected chi connectivity index (χ4v) is 2.15. The van der Waals surface area contributed by atoms with E-state index in [9.17, 15) is 0 Å². The molecule has 0 radical (unpaired) electrons. The standard InChI is InChI=1S/C19H22O/c1-17(9-8-14-18-10-4-2-5-11-18)15-20-16-19-12-6-3-7-13-19/h2-7,10-13H,1,8-9,14-16H2. The first-order valence-corrected chi connectivity index (χ1v) is 7.17. The van der Waals surface area contributed by atoms with Crippen molar-refractivity contribution >= 4 is 0 Å². The van der Waals surface area contributed by atoms with Gasteiger partial charge in [0.25, 0.3) is 0 Å². The maximum Gasteiger partial charge on any atom is 0.0721 e. The Balaban J connectivity index is 1.59. The van der Waals surface area contributed by atoms with E-state index in [0.717, 1.165) is 19.3 Å². The Labute approximate surface area is 121 Å². The molecule has 20 heavy (non-hydrogen) atoms. The number of rotatable bonds is 8. The van der Waals surface area contributed by atoms with E-state index in [2.05, 4.69) is 49.0 Å². The quantitative estimate of drug-likeness (QED) is 0.625. The summed E-state index contributed by atoms with van der Waals surface area (Å²) in [6, 6.07) is 20.8. The first-order chi connectivity index (χ1) is 9.84. The summed E-state index contributed by atoms with van der Waals surface area (Å²) in [5, 5.41) is 0. The third-order valence-electron chi connectivity index (χ3n) is 3.26. The summed E-state index contributed by atoms with van der Waals surface area (Å²) < 4.78 is 5.68. The van der Waals surface area contributed by atoms with E-state index in [0.29, 0.717) is 13.2 Å². The van der Waals surface area contributed by atoms with E-state index < -0.39 is 0 Å². The monoisotopic (exact) mass is 266 g/mol. The van der Waals surface area contributed by atoms with Gasteiger partial charge in [0, 0.05) is 0 Å². The van der Waals surface area contributed by atoms with Crippen molar-refractivity contribution in [3.63, 3.8) is 0 Å². The van der Waals surface area contributed by atoms with Crippen LogP contribution in [0.5, 0.6) is 0 Å². The van der Waals surface area contributed by atoms with Gasteiger partial charge < -0.3 is 4.74 Å². The smallest absolute Gasteiger partial charge is 0.0721 e. The summed E-state index contributed by atoms with van der Waals surface area (Å²) in [4.78, 5) is 0. The Morgan fingerprint density at radius 1 is 0.850 bits per heavy atom. The predicted octanol–water partition coefficient (Wildman–Crippen LogP) is 4.78. The second kappa shape index (κ2) is 8.34. The molecule has 0 atom stereocenters. The van der Waals surface area contributed by atoms with E-state index >= 15 is 0 Å². The lowest BCUT2D eigenvalue weighted by atomic mass is 10.1. The molecule has 0 aliphatic heterocycles. The molecule has 0 bridgehead atoms. The van der Waals surface area contributed by atoms with Crippen molar-refractivity contribution in [1.29, 1.82) is 0 Å². The zero-order chi connectivity index (χ0) is 14.0. The molecule has 2 aromatic carbocycles. The summed E-state index contributed by atoms with van der Waals surface area (Å²) >= 11 is 0. The highest BCUT2D eigenvalue weighted by atomic mass is 16.5. The lowest BCUT2D eigenvalue weighted by molar-refractivity contribution is 0.140. The van der Waals surface area contributed by atoms with Crippen molar-refractivity contribution in [2.24, 2.45) is 0 Å². The molecule has 104 valence electrons. The van der Waals surface area contributed by atoms with Crippen LogP contribution in [0.25, 0.3) is 0 Å². The van der Waals surface area contributed by atoms with Gasteiger partial charge in [-0.1, -0.05) is 72.8 Å². The fraction of sp³-hybridized carbons (Fsp3) is 0.263. The summed E-state index contributed by atoms with van der Waals surface area (Å²) in [6.45, 7) is 5.41. The van der Waals surface area contributed by atoms with Crippen LogP contribution in [-0.2, 0) is 17.8 Å². The molecule has 0 aliphatic rings. The molecule has 2 rings (SSSR count). The Bertz CT molecular complexity index is 454. The zero-order valence-corrected chi connectivity index (χ0v) is 11.9. The topological polar surface area (TPSA) is 9.23 Å². The van der Waals surface area contributed by atoms with Gasteiger partial charge in [-0.15, -0.1) is 0 Å². The van der Waals surface area contributed by atoms with Crippen LogP contribution in [-0.4, -0.2) is 6.61 Å². The highest BCUT2D eigenvalue weighted by Gasteiger charge is 1.98. The van der Waals surface area contributed by atoms with Crippen LogP contribution in [0.3, 0.4) is 0 Å². The predicted molar refractivity (Wildman–Crippen MR) is 84.6 cm³/mol. The minimum Gasteiger partial charge on any atom is -0.372 e. The van der Waals surface area contributed by atoms with E-state index in [1.165, 1.54) is 16.7 Å². The van der Waals surface area contributed by atoms with Crippen molar-refractivity contribution in [2.45, 2.75) is 25.9 Å². The molecule has 0 aromatic heterocycles. The molecule has 0 unspecified atom stereocenters. The Morgan fingerprint density at radius 3 is 2.10 bits per heavy atom. The van der Waals surface area contributed by atoms with Crippen LogP contribution in [0, 0.1) is 0 Å². The number of ether oxygens (including phenoxy) is 1. The molecule has 2 aromatic rings. The highest BCUT2D eigenvalue weighted by Crippen LogP contribution is 2.10. The first kappa shape index (κ1) is 14.5. The van der Waals surface area contributed by atoms with Gasteiger partial charge in [0.2, 0.25) is 0 Å². The minimum absolute atomic E-state index is 0.656. The maximum absolute atomic E-state index is 5.68. The zero-order valence-electron chi connectivity index (χ0n) is 11.9. The van der Waals surface area contributed by atoms with E-state index in [-0.39, 0.29) is 0 Å². The van der Waals surface area contributed by atoms with Gasteiger partial charge in [0.15, 0.2) is 0 Å². The molecule has 0 heterocycles. The normalized spacial score (nSPS) is 10.4. The Hall–Kier alpha value is -1.86. The molecule has 0 aliphatic carbocycles. The number of aryl methyl sites for hydroxylation is 1. The SMILES string of the molecule is C=C(CCCc1ccccc1)COCc1ccccc1. The lowest BCUT2D eigenvalue weighted by Crippen LogP contribution is -1.99. The van der Waals surface area contributed by atoms with Gasteiger partial charge in [-0.3, -0.25) is 0 Å². The second-order valence-electron chi connectivity index (χ2n) is 5.07. The first-order valence-electron chi connectivity index (χ1n) is 7.17. The fourth-order valence-electron chi connectivity index (χ4n) is 2.15. The molecule has 1 nitrogen and oxygen atoms in total. The van der Waals surface area contributed by atoms with E-state index in [4.69, 9.17) is 4.74 Å². The average Bonchev–Trinajstić information content (AvgIpc) is 2.49. The number of benzene rings is 2. The third-order valence-corrected chi connectivity index (χ3v) is 3.26. The van der Waals surface area contributed by atoms with Crippen molar-refractivity contribution < 1.29 is 4.74 Å². The molecule has 0 spiro atoms. The molecular formula is C19H22O. The van der Waals surface area contributed by atoms with Gasteiger partial charge in [-0.05, 0) is 30.4 Å². The summed E-state index contributed by atoms with van der Waals surface area (Å²) in [7, 11) is 0. The van der Waals surface area contributed by atoms with Crippen molar-refractivity contribution in [3.8, 4) is 0 Å². The summed E-state index contributed by atoms with van der Waals surface area (Å²) in [6.07, 6.45) is 3.28. The Kier molecular flexibility index (Phi) is 6.07. The van der Waals surface area contributed by atoms with Crippen LogP contribution >= 0.6 is 0 Å². The Morgan fingerprint density at radius 2 is 1.45 bits per heavy atom. The van der Waals surface area contributed by atoms with Gasteiger partial charge in [0.05, 0.1) is 13.2 Å². The van der Waals surface area contributed by atoms with Crippen LogP contribution in [0.1, 0.15) is 24.0 Å². The van der Waals surface area contributed by atoms with Crippen molar-refractivity contribution in [2.75, 3.05) is 6.61 Å². The van der Waals surface area contributed by atoms with Crippen molar-refractivity contribution in [3.05, 3.63) is 83.9 Å². The summed E-state index contributed by atoms with van der Waals surface area (Å²) in [5.74, 6) is 0. The van der Waals surface area contributed by atoms with Gasteiger partial charge in [0.1, 0.15) is 0 Å². The summed E-state index contributed by atoms with van der Waals surface area (Å²) in [5.41, 5.74) is 3.78. The van der Waals surface area contributed by atoms with Gasteiger partial charge >= 0.3 is 0 Å². The molecule has 1 heteroatoms. The molecule has 0 fully saturated rings.